The van der Waals surface area contributed by atoms with Gasteiger partial charge in [0.25, 0.3) is 0 Å². The number of amides is 1. The Morgan fingerprint density at radius 2 is 2.06 bits per heavy atom. The smallest absolute Gasteiger partial charge is 0.407 e. The molecule has 1 fully saturated rings. The first-order chi connectivity index (χ1) is 7.87. The minimum atomic E-state index is -0.513. The van der Waals surface area contributed by atoms with Gasteiger partial charge in [0.2, 0.25) is 0 Å². The van der Waals surface area contributed by atoms with Crippen LogP contribution in [0, 0.1) is 16.7 Å². The molecule has 96 valence electrons. The number of rotatable bonds is 2. The van der Waals surface area contributed by atoms with Gasteiger partial charge in [-0.2, -0.15) is 5.26 Å². The minimum Gasteiger partial charge on any atom is -0.448 e. The highest BCUT2D eigenvalue weighted by Crippen LogP contribution is 2.28. The fourth-order valence-corrected chi connectivity index (χ4v) is 1.74. The van der Waals surface area contributed by atoms with Crippen molar-refractivity contribution in [3.8, 4) is 6.07 Å². The maximum atomic E-state index is 11.5. The molecule has 0 atom stereocenters. The van der Waals surface area contributed by atoms with E-state index in [2.05, 4.69) is 16.7 Å². The fourth-order valence-electron chi connectivity index (χ4n) is 1.74. The summed E-state index contributed by atoms with van der Waals surface area (Å²) >= 11 is 0. The Morgan fingerprint density at radius 3 is 2.53 bits per heavy atom. The number of ether oxygens (including phenoxy) is 1. The molecule has 5 heteroatoms. The molecule has 1 saturated heterocycles. The largest absolute Gasteiger partial charge is 0.448 e. The third-order valence-corrected chi connectivity index (χ3v) is 2.75. The summed E-state index contributed by atoms with van der Waals surface area (Å²) in [6.07, 6.45) is 1.00. The van der Waals surface area contributed by atoms with Gasteiger partial charge in [0.1, 0.15) is 6.61 Å². The van der Waals surface area contributed by atoms with Gasteiger partial charge >= 0.3 is 6.09 Å². The van der Waals surface area contributed by atoms with Crippen molar-refractivity contribution < 1.29 is 9.53 Å². The standard InChI is InChI=1S/C12H21N3O2/c1-11(2,3)15-10(16)17-9-12(8-13)4-6-14-7-5-12/h14H,4-7,9H2,1-3H3,(H,15,16). The summed E-state index contributed by atoms with van der Waals surface area (Å²) in [7, 11) is 0. The molecule has 0 aromatic heterocycles. The normalized spacial score (nSPS) is 19.2. The van der Waals surface area contributed by atoms with Crippen LogP contribution in [0.3, 0.4) is 0 Å². The molecular formula is C12H21N3O2. The van der Waals surface area contributed by atoms with Crippen molar-refractivity contribution in [1.29, 1.82) is 5.26 Å². The number of piperidine rings is 1. The molecule has 2 N–H and O–H groups in total. The number of nitrogens with one attached hydrogen (secondary N) is 2. The average molecular weight is 239 g/mol. The first-order valence-electron chi connectivity index (χ1n) is 5.94. The Bertz CT molecular complexity index is 309. The van der Waals surface area contributed by atoms with Gasteiger partial charge in [0.15, 0.2) is 0 Å². The molecule has 17 heavy (non-hydrogen) atoms. The van der Waals surface area contributed by atoms with Gasteiger partial charge in [-0.05, 0) is 46.7 Å². The first kappa shape index (κ1) is 13.8. The summed E-state index contributed by atoms with van der Waals surface area (Å²) in [5.74, 6) is 0. The molecule has 0 aromatic rings. The summed E-state index contributed by atoms with van der Waals surface area (Å²) in [6, 6.07) is 2.29. The van der Waals surface area contributed by atoms with Crippen LogP contribution in [0.4, 0.5) is 4.79 Å². The number of carbonyl (C=O) groups is 1. The summed E-state index contributed by atoms with van der Waals surface area (Å²) in [6.45, 7) is 7.44. The first-order valence-corrected chi connectivity index (χ1v) is 5.94. The van der Waals surface area contributed by atoms with Crippen LogP contribution >= 0.6 is 0 Å². The van der Waals surface area contributed by atoms with E-state index in [4.69, 9.17) is 4.74 Å². The zero-order chi connectivity index (χ0) is 12.9. The number of hydrogen-bond acceptors (Lipinski definition) is 4. The SMILES string of the molecule is CC(C)(C)NC(=O)OCC1(C#N)CCNCC1. The monoisotopic (exact) mass is 239 g/mol. The van der Waals surface area contributed by atoms with Crippen molar-refractivity contribution in [3.05, 3.63) is 0 Å². The van der Waals surface area contributed by atoms with Crippen molar-refractivity contribution >= 4 is 6.09 Å². The third-order valence-electron chi connectivity index (χ3n) is 2.75. The van der Waals surface area contributed by atoms with E-state index in [1.165, 1.54) is 0 Å². The molecule has 0 radical (unpaired) electrons. The topological polar surface area (TPSA) is 74.1 Å². The highest BCUT2D eigenvalue weighted by molar-refractivity contribution is 5.68. The Morgan fingerprint density at radius 1 is 1.47 bits per heavy atom. The van der Waals surface area contributed by atoms with Gasteiger partial charge in [-0.25, -0.2) is 4.79 Å². The Hall–Kier alpha value is -1.28. The second kappa shape index (κ2) is 5.37. The van der Waals surface area contributed by atoms with Crippen LogP contribution < -0.4 is 10.6 Å². The summed E-state index contributed by atoms with van der Waals surface area (Å²) in [5.41, 5.74) is -0.828. The maximum absolute atomic E-state index is 11.5. The van der Waals surface area contributed by atoms with E-state index < -0.39 is 11.5 Å². The van der Waals surface area contributed by atoms with Crippen LogP contribution in [-0.4, -0.2) is 31.3 Å². The van der Waals surface area contributed by atoms with Gasteiger partial charge in [0.05, 0.1) is 11.5 Å². The molecule has 0 spiro atoms. The number of hydrogen-bond donors (Lipinski definition) is 2. The van der Waals surface area contributed by atoms with Gasteiger partial charge in [-0.1, -0.05) is 0 Å². The van der Waals surface area contributed by atoms with E-state index in [0.717, 1.165) is 25.9 Å². The lowest BCUT2D eigenvalue weighted by Crippen LogP contribution is -2.44. The van der Waals surface area contributed by atoms with Crippen LogP contribution in [0.5, 0.6) is 0 Å². The third kappa shape index (κ3) is 4.61. The second-order valence-corrected chi connectivity index (χ2v) is 5.59. The van der Waals surface area contributed by atoms with Crippen molar-refractivity contribution in [2.75, 3.05) is 19.7 Å². The summed E-state index contributed by atoms with van der Waals surface area (Å²) in [5, 5.41) is 15.1. The molecule has 1 aliphatic heterocycles. The van der Waals surface area contributed by atoms with Crippen LogP contribution in [0.25, 0.3) is 0 Å². The zero-order valence-electron chi connectivity index (χ0n) is 10.8. The Kier molecular flexibility index (Phi) is 4.35. The van der Waals surface area contributed by atoms with E-state index in [-0.39, 0.29) is 12.1 Å². The molecule has 0 aliphatic carbocycles. The van der Waals surface area contributed by atoms with Crippen LogP contribution in [-0.2, 0) is 4.74 Å². The predicted octanol–water partition coefficient (Wildman–Crippen LogP) is 1.40. The summed E-state index contributed by atoms with van der Waals surface area (Å²) < 4.78 is 5.15. The van der Waals surface area contributed by atoms with E-state index in [1.54, 1.807) is 0 Å². The zero-order valence-corrected chi connectivity index (χ0v) is 10.8. The van der Waals surface area contributed by atoms with Crippen molar-refractivity contribution in [1.82, 2.24) is 10.6 Å². The lowest BCUT2D eigenvalue weighted by molar-refractivity contribution is 0.0864. The lowest BCUT2D eigenvalue weighted by Gasteiger charge is -2.31. The van der Waals surface area contributed by atoms with Crippen LogP contribution in [0.1, 0.15) is 33.6 Å². The van der Waals surface area contributed by atoms with Crippen molar-refractivity contribution in [2.45, 2.75) is 39.2 Å². The van der Waals surface area contributed by atoms with Crippen molar-refractivity contribution in [3.63, 3.8) is 0 Å². The van der Waals surface area contributed by atoms with E-state index in [1.807, 2.05) is 20.8 Å². The molecule has 1 heterocycles. The number of alkyl carbamates (subject to hydrolysis) is 1. The second-order valence-electron chi connectivity index (χ2n) is 5.59. The molecule has 0 saturated carbocycles. The molecule has 0 aromatic carbocycles. The van der Waals surface area contributed by atoms with Crippen LogP contribution in [0.2, 0.25) is 0 Å². The Balaban J connectivity index is 2.43. The van der Waals surface area contributed by atoms with E-state index in [0.29, 0.717) is 0 Å². The van der Waals surface area contributed by atoms with Gasteiger partial charge < -0.3 is 15.4 Å². The lowest BCUT2D eigenvalue weighted by atomic mass is 9.81. The average Bonchev–Trinajstić information content (AvgIpc) is 2.25. The number of nitrogens with zero attached hydrogens (tertiary/aromatic N) is 1. The van der Waals surface area contributed by atoms with E-state index >= 15 is 0 Å². The highest BCUT2D eigenvalue weighted by atomic mass is 16.5. The van der Waals surface area contributed by atoms with E-state index in [9.17, 15) is 10.1 Å². The van der Waals surface area contributed by atoms with Crippen molar-refractivity contribution in [2.24, 2.45) is 5.41 Å². The van der Waals surface area contributed by atoms with Crippen LogP contribution in [0.15, 0.2) is 0 Å². The molecule has 1 amide bonds. The molecule has 5 nitrogen and oxygen atoms in total. The minimum absolute atomic E-state index is 0.174. The molecule has 1 aliphatic rings. The maximum Gasteiger partial charge on any atom is 0.407 e. The Labute approximate surface area is 103 Å². The molecule has 0 unspecified atom stereocenters. The molecule has 1 rings (SSSR count). The van der Waals surface area contributed by atoms with Gasteiger partial charge in [-0.3, -0.25) is 0 Å². The fraction of sp³-hybridized carbons (Fsp3) is 0.833. The predicted molar refractivity (Wildman–Crippen MR) is 64.4 cm³/mol. The van der Waals surface area contributed by atoms with Gasteiger partial charge in [-0.15, -0.1) is 0 Å². The highest BCUT2D eigenvalue weighted by Gasteiger charge is 2.34. The molecular weight excluding hydrogens is 218 g/mol. The summed E-state index contributed by atoms with van der Waals surface area (Å²) in [4.78, 5) is 11.5. The number of nitriles is 1. The quantitative estimate of drug-likeness (QED) is 0.764. The number of carbonyl (C=O) groups excluding carboxylic acids is 1. The molecule has 0 bridgehead atoms. The van der Waals surface area contributed by atoms with Gasteiger partial charge in [0, 0.05) is 5.54 Å².